The maximum absolute atomic E-state index is 13.6. The fraction of sp³-hybridized carbons (Fsp3) is 0.500. The first-order valence-electron chi connectivity index (χ1n) is 5.17. The van der Waals surface area contributed by atoms with Crippen LogP contribution in [-0.2, 0) is 12.8 Å². The van der Waals surface area contributed by atoms with E-state index in [0.717, 1.165) is 30.4 Å². The second-order valence-corrected chi connectivity index (χ2v) is 3.76. The van der Waals surface area contributed by atoms with Gasteiger partial charge in [0, 0.05) is 5.56 Å². The van der Waals surface area contributed by atoms with E-state index >= 15 is 0 Å². The molecule has 0 spiro atoms. The van der Waals surface area contributed by atoms with Crippen molar-refractivity contribution in [1.82, 2.24) is 0 Å². The average Bonchev–Trinajstić information content (AvgIpc) is 2.23. The fourth-order valence-electron chi connectivity index (χ4n) is 2.08. The van der Waals surface area contributed by atoms with Crippen molar-refractivity contribution in [3.05, 3.63) is 28.6 Å². The van der Waals surface area contributed by atoms with Crippen molar-refractivity contribution < 1.29 is 9.13 Å². The zero-order valence-corrected chi connectivity index (χ0v) is 8.69. The molecule has 0 amide bonds. The molecule has 1 aromatic carbocycles. The van der Waals surface area contributed by atoms with Crippen molar-refractivity contribution in [2.24, 2.45) is 0 Å². The third-order valence-electron chi connectivity index (χ3n) is 2.92. The summed E-state index contributed by atoms with van der Waals surface area (Å²) in [7, 11) is 0. The van der Waals surface area contributed by atoms with Gasteiger partial charge in [0.05, 0.1) is 6.61 Å². The molecule has 0 fully saturated rings. The first kappa shape index (κ1) is 9.50. The minimum atomic E-state index is -0.192. The molecule has 2 rings (SSSR count). The van der Waals surface area contributed by atoms with Gasteiger partial charge < -0.3 is 4.74 Å². The van der Waals surface area contributed by atoms with Crippen molar-refractivity contribution >= 4 is 0 Å². The van der Waals surface area contributed by atoms with Gasteiger partial charge in [-0.05, 0) is 43.4 Å². The van der Waals surface area contributed by atoms with Gasteiger partial charge >= 0.3 is 0 Å². The average molecular weight is 194 g/mol. The van der Waals surface area contributed by atoms with Gasteiger partial charge in [0.15, 0.2) is 11.6 Å². The van der Waals surface area contributed by atoms with Gasteiger partial charge in [-0.2, -0.15) is 0 Å². The summed E-state index contributed by atoms with van der Waals surface area (Å²) < 4.78 is 18.9. The van der Waals surface area contributed by atoms with E-state index in [1.165, 1.54) is 5.56 Å². The first-order valence-corrected chi connectivity index (χ1v) is 5.17. The molecule has 0 aromatic heterocycles. The van der Waals surface area contributed by atoms with Crippen LogP contribution in [0.2, 0.25) is 0 Å². The molecule has 14 heavy (non-hydrogen) atoms. The Morgan fingerprint density at radius 2 is 2.29 bits per heavy atom. The van der Waals surface area contributed by atoms with Crippen LogP contribution >= 0.6 is 0 Å². The van der Waals surface area contributed by atoms with Crippen molar-refractivity contribution in [3.8, 4) is 5.75 Å². The van der Waals surface area contributed by atoms with Gasteiger partial charge in [0.2, 0.25) is 0 Å². The Kier molecular flexibility index (Phi) is 2.44. The van der Waals surface area contributed by atoms with Crippen molar-refractivity contribution in [1.29, 1.82) is 0 Å². The number of hydrogen-bond donors (Lipinski definition) is 0. The summed E-state index contributed by atoms with van der Waals surface area (Å²) in [6, 6.07) is 1.61. The third kappa shape index (κ3) is 1.39. The van der Waals surface area contributed by atoms with Gasteiger partial charge in [-0.1, -0.05) is 6.92 Å². The molecular weight excluding hydrogens is 179 g/mol. The molecule has 0 saturated heterocycles. The fourth-order valence-corrected chi connectivity index (χ4v) is 2.08. The molecule has 0 radical (unpaired) electrons. The van der Waals surface area contributed by atoms with Crippen molar-refractivity contribution in [3.63, 3.8) is 0 Å². The predicted molar refractivity (Wildman–Crippen MR) is 54.3 cm³/mol. The highest BCUT2D eigenvalue weighted by Crippen LogP contribution is 2.32. The third-order valence-corrected chi connectivity index (χ3v) is 2.92. The van der Waals surface area contributed by atoms with Crippen LogP contribution in [0.3, 0.4) is 0 Å². The lowest BCUT2D eigenvalue weighted by Crippen LogP contribution is -2.12. The minimum absolute atomic E-state index is 0.192. The summed E-state index contributed by atoms with van der Waals surface area (Å²) >= 11 is 0. The van der Waals surface area contributed by atoms with Crippen LogP contribution < -0.4 is 4.74 Å². The predicted octanol–water partition coefficient (Wildman–Crippen LogP) is 3.02. The molecule has 1 aliphatic rings. The minimum Gasteiger partial charge on any atom is -0.490 e. The van der Waals surface area contributed by atoms with Crippen molar-refractivity contribution in [2.75, 3.05) is 6.61 Å². The summed E-state index contributed by atoms with van der Waals surface area (Å²) in [5, 5.41) is 0. The van der Waals surface area contributed by atoms with Crippen LogP contribution in [0.1, 0.15) is 30.0 Å². The second kappa shape index (κ2) is 3.60. The molecule has 0 unspecified atom stereocenters. The molecule has 76 valence electrons. The van der Waals surface area contributed by atoms with Gasteiger partial charge in [-0.25, -0.2) is 4.39 Å². The zero-order valence-electron chi connectivity index (χ0n) is 8.69. The van der Waals surface area contributed by atoms with E-state index in [9.17, 15) is 4.39 Å². The maximum Gasteiger partial charge on any atom is 0.165 e. The number of hydrogen-bond acceptors (Lipinski definition) is 1. The Morgan fingerprint density at radius 1 is 1.50 bits per heavy atom. The Bertz CT molecular complexity index is 358. The number of fused-ring (bicyclic) bond motifs is 1. The van der Waals surface area contributed by atoms with E-state index in [4.69, 9.17) is 4.74 Å². The van der Waals surface area contributed by atoms with Gasteiger partial charge in [-0.15, -0.1) is 0 Å². The normalized spacial score (nSPS) is 14.8. The summed E-state index contributed by atoms with van der Waals surface area (Å²) in [6.07, 6.45) is 2.84. The Hall–Kier alpha value is -1.05. The highest BCUT2D eigenvalue weighted by atomic mass is 19.1. The topological polar surface area (TPSA) is 9.23 Å². The van der Waals surface area contributed by atoms with Crippen LogP contribution in [0.25, 0.3) is 0 Å². The quantitative estimate of drug-likeness (QED) is 0.667. The highest BCUT2D eigenvalue weighted by Gasteiger charge is 2.19. The van der Waals surface area contributed by atoms with Gasteiger partial charge in [-0.3, -0.25) is 0 Å². The molecule has 1 nitrogen and oxygen atoms in total. The van der Waals surface area contributed by atoms with E-state index in [0.29, 0.717) is 12.4 Å². The monoisotopic (exact) mass is 194 g/mol. The molecule has 0 atom stereocenters. The Morgan fingerprint density at radius 3 is 3.00 bits per heavy atom. The summed E-state index contributed by atoms with van der Waals surface area (Å²) in [5.41, 5.74) is 3.39. The molecule has 0 N–H and O–H groups in total. The molecule has 1 heterocycles. The lowest BCUT2D eigenvalue weighted by atomic mass is 9.95. The second-order valence-electron chi connectivity index (χ2n) is 3.76. The molecule has 0 bridgehead atoms. The largest absolute Gasteiger partial charge is 0.490 e. The van der Waals surface area contributed by atoms with Crippen molar-refractivity contribution in [2.45, 2.75) is 33.1 Å². The highest BCUT2D eigenvalue weighted by molar-refractivity contribution is 5.46. The molecule has 1 aliphatic heterocycles. The lowest BCUT2D eigenvalue weighted by molar-refractivity contribution is 0.272. The van der Waals surface area contributed by atoms with Crippen LogP contribution in [0.5, 0.6) is 5.75 Å². The number of benzene rings is 1. The van der Waals surface area contributed by atoms with Gasteiger partial charge in [0.25, 0.3) is 0 Å². The summed E-state index contributed by atoms with van der Waals surface area (Å²) in [6.45, 7) is 4.76. The van der Waals surface area contributed by atoms with E-state index in [-0.39, 0.29) is 5.82 Å². The lowest BCUT2D eigenvalue weighted by Gasteiger charge is -2.21. The molecule has 0 saturated carbocycles. The zero-order chi connectivity index (χ0) is 10.1. The van der Waals surface area contributed by atoms with Crippen LogP contribution in [-0.4, -0.2) is 6.61 Å². The first-order chi connectivity index (χ1) is 6.74. The maximum atomic E-state index is 13.6. The van der Waals surface area contributed by atoms with E-state index in [2.05, 4.69) is 13.8 Å². The standard InChI is InChI=1S/C12H15FO/c1-3-9-7-11(13)12-10(8(9)2)5-4-6-14-12/h7H,3-6H2,1-2H3. The molecular formula is C12H15FO. The number of ether oxygens (including phenoxy) is 1. The van der Waals surface area contributed by atoms with Crippen LogP contribution in [0, 0.1) is 12.7 Å². The Balaban J connectivity index is 2.58. The SMILES string of the molecule is CCc1cc(F)c2c(c1C)CCCO2. The number of rotatable bonds is 1. The smallest absolute Gasteiger partial charge is 0.165 e. The van der Waals surface area contributed by atoms with E-state index in [1.54, 1.807) is 6.07 Å². The van der Waals surface area contributed by atoms with Crippen LogP contribution in [0.4, 0.5) is 4.39 Å². The van der Waals surface area contributed by atoms with Crippen LogP contribution in [0.15, 0.2) is 6.07 Å². The van der Waals surface area contributed by atoms with E-state index < -0.39 is 0 Å². The summed E-state index contributed by atoms with van der Waals surface area (Å²) in [5.74, 6) is 0.299. The number of aryl methyl sites for hydroxylation is 1. The summed E-state index contributed by atoms with van der Waals surface area (Å²) in [4.78, 5) is 0. The van der Waals surface area contributed by atoms with E-state index in [1.807, 2.05) is 0 Å². The Labute approximate surface area is 83.9 Å². The number of halogens is 1. The molecule has 1 aromatic rings. The van der Waals surface area contributed by atoms with Gasteiger partial charge in [0.1, 0.15) is 0 Å². The molecule has 2 heteroatoms. The molecule has 0 aliphatic carbocycles.